The van der Waals surface area contributed by atoms with Crippen LogP contribution in [-0.2, 0) is 4.79 Å². The first kappa shape index (κ1) is 14.7. The number of likely N-dealkylation sites (N-methyl/N-ethyl adjacent to an activating group) is 2. The maximum absolute atomic E-state index is 12.0. The fraction of sp³-hybridized carbons (Fsp3) is 0.909. The zero-order valence-corrected chi connectivity index (χ0v) is 11.4. The van der Waals surface area contributed by atoms with E-state index < -0.39 is 0 Å². The minimum Gasteiger partial charge on any atom is -0.317 e. The smallest absolute Gasteiger partial charge is 0.256 e. The molecule has 1 amide bonds. The van der Waals surface area contributed by atoms with E-state index >= 15 is 0 Å². The summed E-state index contributed by atoms with van der Waals surface area (Å²) >= 11 is 0. The molecule has 2 saturated heterocycles. The molecule has 0 saturated carbocycles. The lowest BCUT2D eigenvalue weighted by molar-refractivity contribution is -0.140. The summed E-state index contributed by atoms with van der Waals surface area (Å²) in [6, 6.07) is -0.377. The van der Waals surface area contributed by atoms with Crippen LogP contribution in [0.2, 0.25) is 0 Å². The van der Waals surface area contributed by atoms with Crippen LogP contribution in [0.25, 0.3) is 0 Å². The maximum atomic E-state index is 12.0. The first-order valence-electron chi connectivity index (χ1n) is 6.28. The lowest BCUT2D eigenvalue weighted by Crippen LogP contribution is -2.53. The van der Waals surface area contributed by atoms with E-state index in [2.05, 4.69) is 16.8 Å². The molecule has 0 radical (unpaired) electrons. The molecule has 5 nitrogen and oxygen atoms in total. The first-order chi connectivity index (χ1) is 7.70. The topological polar surface area (TPSA) is 52.8 Å². The van der Waals surface area contributed by atoms with Gasteiger partial charge in [0.05, 0.1) is 0 Å². The number of nitrogens with zero attached hydrogens (tertiary/aromatic N) is 3. The molecule has 0 spiro atoms. The first-order valence-corrected chi connectivity index (χ1v) is 6.28. The largest absolute Gasteiger partial charge is 0.317 e. The van der Waals surface area contributed by atoms with Gasteiger partial charge in [0.25, 0.3) is 5.91 Å². The van der Waals surface area contributed by atoms with Crippen LogP contribution >= 0.6 is 12.4 Å². The molecule has 6 heteroatoms. The van der Waals surface area contributed by atoms with Crippen molar-refractivity contribution in [1.29, 1.82) is 0 Å². The normalized spacial score (nSPS) is 31.0. The van der Waals surface area contributed by atoms with Crippen molar-refractivity contribution in [1.82, 2.24) is 14.9 Å². The number of halogens is 1. The van der Waals surface area contributed by atoms with E-state index in [-0.39, 0.29) is 30.5 Å². The molecule has 0 bridgehead atoms. The molecule has 100 valence electrons. The summed E-state index contributed by atoms with van der Waals surface area (Å²) < 4.78 is 0. The molecule has 0 aromatic rings. The highest BCUT2D eigenvalue weighted by atomic mass is 35.5. The highest BCUT2D eigenvalue weighted by Gasteiger charge is 2.46. The van der Waals surface area contributed by atoms with E-state index in [4.69, 9.17) is 5.73 Å². The van der Waals surface area contributed by atoms with Crippen LogP contribution in [0.15, 0.2) is 0 Å². The lowest BCUT2D eigenvalue weighted by Gasteiger charge is -2.35. The molecule has 2 aliphatic heterocycles. The molecule has 2 atom stereocenters. The number of amides is 1. The van der Waals surface area contributed by atoms with E-state index in [1.165, 1.54) is 12.8 Å². The lowest BCUT2D eigenvalue weighted by atomic mass is 10.2. The number of nitrogens with two attached hydrogens (primary N) is 1. The minimum atomic E-state index is -0.377. The Morgan fingerprint density at radius 3 is 2.29 bits per heavy atom. The maximum Gasteiger partial charge on any atom is 0.256 e. The number of hydrazine groups is 1. The Kier molecular flexibility index (Phi) is 5.19. The third kappa shape index (κ3) is 2.42. The molecule has 2 rings (SSSR count). The van der Waals surface area contributed by atoms with Crippen LogP contribution in [0.1, 0.15) is 26.7 Å². The molecule has 2 aliphatic rings. The molecule has 0 aromatic carbocycles. The molecule has 2 unspecified atom stereocenters. The molecule has 0 aliphatic carbocycles. The van der Waals surface area contributed by atoms with Gasteiger partial charge in [-0.2, -0.15) is 5.01 Å². The van der Waals surface area contributed by atoms with Gasteiger partial charge in [-0.05, 0) is 32.9 Å². The van der Waals surface area contributed by atoms with Crippen LogP contribution in [0.5, 0.6) is 0 Å². The van der Waals surface area contributed by atoms with Gasteiger partial charge in [0.2, 0.25) is 0 Å². The summed E-state index contributed by atoms with van der Waals surface area (Å²) in [7, 11) is 0. The number of carbonyl (C=O) groups is 1. The Morgan fingerprint density at radius 1 is 1.24 bits per heavy atom. The Bertz CT molecular complexity index is 270. The number of carbonyl (C=O) groups excluding carboxylic acids is 1. The van der Waals surface area contributed by atoms with E-state index in [1.807, 2.05) is 6.92 Å². The van der Waals surface area contributed by atoms with Crippen LogP contribution in [0.4, 0.5) is 0 Å². The van der Waals surface area contributed by atoms with Crippen molar-refractivity contribution in [3.63, 3.8) is 0 Å². The van der Waals surface area contributed by atoms with Gasteiger partial charge in [-0.15, -0.1) is 12.4 Å². The molecule has 2 fully saturated rings. The van der Waals surface area contributed by atoms with Crippen molar-refractivity contribution in [2.45, 2.75) is 38.9 Å². The second kappa shape index (κ2) is 6.00. The Labute approximate surface area is 109 Å². The number of hydrogen-bond donors (Lipinski definition) is 1. The van der Waals surface area contributed by atoms with Crippen molar-refractivity contribution >= 4 is 18.3 Å². The van der Waals surface area contributed by atoms with E-state index in [9.17, 15) is 4.79 Å². The molecule has 0 aromatic heterocycles. The van der Waals surface area contributed by atoms with Gasteiger partial charge in [0.1, 0.15) is 12.2 Å². The zero-order valence-electron chi connectivity index (χ0n) is 10.6. The average Bonchev–Trinajstić information content (AvgIpc) is 2.87. The van der Waals surface area contributed by atoms with Crippen molar-refractivity contribution in [2.24, 2.45) is 5.73 Å². The van der Waals surface area contributed by atoms with Crippen molar-refractivity contribution in [3.8, 4) is 0 Å². The van der Waals surface area contributed by atoms with Crippen LogP contribution < -0.4 is 5.73 Å². The zero-order chi connectivity index (χ0) is 11.7. The fourth-order valence-corrected chi connectivity index (χ4v) is 2.87. The Morgan fingerprint density at radius 2 is 1.82 bits per heavy atom. The fourth-order valence-electron chi connectivity index (χ4n) is 2.87. The highest BCUT2D eigenvalue weighted by Crippen LogP contribution is 2.24. The number of rotatable bonds is 3. The summed E-state index contributed by atoms with van der Waals surface area (Å²) in [6.45, 7) is 7.77. The van der Waals surface area contributed by atoms with Crippen molar-refractivity contribution in [2.75, 3.05) is 26.2 Å². The minimum absolute atomic E-state index is 0. The van der Waals surface area contributed by atoms with Crippen molar-refractivity contribution < 1.29 is 4.79 Å². The van der Waals surface area contributed by atoms with E-state index in [0.717, 1.165) is 19.6 Å². The SMILES string of the molecule is CCN1C(=O)C(N)C(N2CCCC2)N1CC.Cl. The number of likely N-dealkylation sites (tertiary alicyclic amines) is 1. The Hall–Kier alpha value is -0.360. The van der Waals surface area contributed by atoms with Gasteiger partial charge in [0, 0.05) is 13.1 Å². The third-order valence-corrected chi connectivity index (χ3v) is 3.61. The van der Waals surface area contributed by atoms with Gasteiger partial charge >= 0.3 is 0 Å². The molecule has 2 heterocycles. The van der Waals surface area contributed by atoms with Crippen LogP contribution in [0, 0.1) is 0 Å². The van der Waals surface area contributed by atoms with Gasteiger partial charge in [-0.1, -0.05) is 6.92 Å². The predicted molar refractivity (Wildman–Crippen MR) is 69.6 cm³/mol. The second-order valence-corrected chi connectivity index (χ2v) is 4.49. The van der Waals surface area contributed by atoms with E-state index in [1.54, 1.807) is 5.01 Å². The summed E-state index contributed by atoms with van der Waals surface area (Å²) in [4.78, 5) is 14.4. The van der Waals surface area contributed by atoms with Gasteiger partial charge in [0.15, 0.2) is 0 Å². The summed E-state index contributed by atoms with van der Waals surface area (Å²) in [6.07, 6.45) is 2.53. The monoisotopic (exact) mass is 262 g/mol. The summed E-state index contributed by atoms with van der Waals surface area (Å²) in [5, 5.41) is 3.92. The van der Waals surface area contributed by atoms with Crippen LogP contribution in [0.3, 0.4) is 0 Å². The molecular weight excluding hydrogens is 240 g/mol. The molecular formula is C11H23ClN4O. The summed E-state index contributed by atoms with van der Waals surface area (Å²) in [5.41, 5.74) is 6.06. The second-order valence-electron chi connectivity index (χ2n) is 4.49. The average molecular weight is 263 g/mol. The third-order valence-electron chi connectivity index (χ3n) is 3.61. The van der Waals surface area contributed by atoms with Gasteiger partial charge in [-0.3, -0.25) is 14.7 Å². The van der Waals surface area contributed by atoms with Crippen LogP contribution in [-0.4, -0.2) is 59.2 Å². The molecule has 2 N–H and O–H groups in total. The molecule has 17 heavy (non-hydrogen) atoms. The Balaban J connectivity index is 0.00000144. The predicted octanol–water partition coefficient (Wildman–Crippen LogP) is 0.256. The van der Waals surface area contributed by atoms with E-state index in [0.29, 0.717) is 6.54 Å². The standard InChI is InChI=1S/C11H22N4O.ClH/c1-3-14-10(13-7-5-6-8-13)9(12)11(16)15(14)4-2;/h9-10H,3-8,12H2,1-2H3;1H. The van der Waals surface area contributed by atoms with Gasteiger partial charge < -0.3 is 5.73 Å². The quantitative estimate of drug-likeness (QED) is 0.793. The van der Waals surface area contributed by atoms with Crippen molar-refractivity contribution in [3.05, 3.63) is 0 Å². The summed E-state index contributed by atoms with van der Waals surface area (Å²) in [5.74, 6) is 0.0706. The highest BCUT2D eigenvalue weighted by molar-refractivity contribution is 5.85. The number of hydrogen-bond acceptors (Lipinski definition) is 4. The van der Waals surface area contributed by atoms with Gasteiger partial charge in [-0.25, -0.2) is 0 Å².